The van der Waals surface area contributed by atoms with Gasteiger partial charge in [0.2, 0.25) is 0 Å². The summed E-state index contributed by atoms with van der Waals surface area (Å²) in [4.78, 5) is 23.7. The van der Waals surface area contributed by atoms with Gasteiger partial charge < -0.3 is 20.2 Å². The van der Waals surface area contributed by atoms with E-state index in [2.05, 4.69) is 10.6 Å². The molecule has 0 fully saturated rings. The van der Waals surface area contributed by atoms with Crippen LogP contribution in [0.3, 0.4) is 0 Å². The number of amides is 2. The number of para-hydroxylation sites is 1. The number of nitrogens with one attached hydrogen (secondary N) is 2. The van der Waals surface area contributed by atoms with Gasteiger partial charge in [-0.2, -0.15) is 0 Å². The smallest absolute Gasteiger partial charge is 0.313 e. The molecule has 2 amide bonds. The van der Waals surface area contributed by atoms with E-state index in [-0.39, 0.29) is 6.61 Å². The molecule has 2 aromatic rings. The molecule has 110 valence electrons. The SMILES string of the molecule is Cc1ccccc1NC(=O)C(=O)NC(CO)c1ccco1. The van der Waals surface area contributed by atoms with Crippen molar-refractivity contribution in [3.05, 3.63) is 54.0 Å². The fourth-order valence-corrected chi connectivity index (χ4v) is 1.81. The molecule has 1 heterocycles. The molecule has 2 rings (SSSR count). The Bertz CT molecular complexity index is 622. The van der Waals surface area contributed by atoms with E-state index in [9.17, 15) is 14.7 Å². The highest BCUT2D eigenvalue weighted by Crippen LogP contribution is 2.14. The molecule has 21 heavy (non-hydrogen) atoms. The molecule has 1 unspecified atom stereocenters. The van der Waals surface area contributed by atoms with Crippen molar-refractivity contribution in [2.45, 2.75) is 13.0 Å². The third-order valence-corrected chi connectivity index (χ3v) is 2.97. The molecule has 6 nitrogen and oxygen atoms in total. The Morgan fingerprint density at radius 3 is 2.57 bits per heavy atom. The maximum Gasteiger partial charge on any atom is 0.313 e. The minimum Gasteiger partial charge on any atom is -0.467 e. The van der Waals surface area contributed by atoms with Crippen LogP contribution in [0.1, 0.15) is 17.4 Å². The van der Waals surface area contributed by atoms with Crippen LogP contribution >= 0.6 is 0 Å². The summed E-state index contributed by atoms with van der Waals surface area (Å²) < 4.78 is 5.10. The van der Waals surface area contributed by atoms with E-state index in [1.54, 1.807) is 24.3 Å². The Balaban J connectivity index is 2.00. The number of hydrogen-bond donors (Lipinski definition) is 3. The lowest BCUT2D eigenvalue weighted by Gasteiger charge is -2.14. The molecule has 0 saturated carbocycles. The number of aryl methyl sites for hydroxylation is 1. The molecular weight excluding hydrogens is 272 g/mol. The maximum atomic E-state index is 11.9. The van der Waals surface area contributed by atoms with Crippen molar-refractivity contribution in [3.8, 4) is 0 Å². The van der Waals surface area contributed by atoms with Crippen LogP contribution in [-0.2, 0) is 9.59 Å². The summed E-state index contributed by atoms with van der Waals surface area (Å²) in [7, 11) is 0. The average Bonchev–Trinajstić information content (AvgIpc) is 3.00. The molecule has 6 heteroatoms. The fraction of sp³-hybridized carbons (Fsp3) is 0.200. The van der Waals surface area contributed by atoms with Gasteiger partial charge >= 0.3 is 11.8 Å². The van der Waals surface area contributed by atoms with Crippen LogP contribution in [0.2, 0.25) is 0 Å². The molecule has 0 radical (unpaired) electrons. The lowest BCUT2D eigenvalue weighted by atomic mass is 10.2. The Morgan fingerprint density at radius 2 is 1.95 bits per heavy atom. The zero-order chi connectivity index (χ0) is 15.2. The van der Waals surface area contributed by atoms with Gasteiger partial charge in [0, 0.05) is 5.69 Å². The minimum absolute atomic E-state index is 0.364. The van der Waals surface area contributed by atoms with Gasteiger partial charge in [0.05, 0.1) is 12.9 Å². The number of aliphatic hydroxyl groups excluding tert-OH is 1. The van der Waals surface area contributed by atoms with Crippen molar-refractivity contribution in [2.75, 3.05) is 11.9 Å². The molecule has 0 bridgehead atoms. The first-order valence-electron chi connectivity index (χ1n) is 6.43. The molecule has 0 aliphatic rings. The summed E-state index contributed by atoms with van der Waals surface area (Å²) in [5.41, 5.74) is 1.42. The fourth-order valence-electron chi connectivity index (χ4n) is 1.81. The topological polar surface area (TPSA) is 91.6 Å². The Labute approximate surface area is 121 Å². The maximum absolute atomic E-state index is 11.9. The van der Waals surface area contributed by atoms with Crippen molar-refractivity contribution in [2.24, 2.45) is 0 Å². The zero-order valence-electron chi connectivity index (χ0n) is 11.5. The first-order valence-corrected chi connectivity index (χ1v) is 6.43. The van der Waals surface area contributed by atoms with E-state index in [1.807, 2.05) is 19.1 Å². The van der Waals surface area contributed by atoms with Crippen LogP contribution in [0.4, 0.5) is 5.69 Å². The first-order chi connectivity index (χ1) is 10.1. The van der Waals surface area contributed by atoms with Gasteiger partial charge in [0.1, 0.15) is 11.8 Å². The number of anilines is 1. The van der Waals surface area contributed by atoms with Gasteiger partial charge in [-0.1, -0.05) is 18.2 Å². The summed E-state index contributed by atoms with van der Waals surface area (Å²) in [5, 5.41) is 14.2. The molecular formula is C15H16N2O4. The number of furan rings is 1. The molecule has 3 N–H and O–H groups in total. The van der Waals surface area contributed by atoms with E-state index in [4.69, 9.17) is 4.42 Å². The largest absolute Gasteiger partial charge is 0.467 e. The number of aliphatic hydroxyl groups is 1. The summed E-state index contributed by atoms with van der Waals surface area (Å²) in [6.45, 7) is 1.46. The van der Waals surface area contributed by atoms with E-state index >= 15 is 0 Å². The van der Waals surface area contributed by atoms with Gasteiger partial charge in [-0.05, 0) is 30.7 Å². The molecule has 1 aromatic carbocycles. The van der Waals surface area contributed by atoms with Gasteiger partial charge in [0.25, 0.3) is 0 Å². The van der Waals surface area contributed by atoms with Crippen molar-refractivity contribution >= 4 is 17.5 Å². The standard InChI is InChI=1S/C15H16N2O4/c1-10-5-2-3-6-11(10)16-14(19)15(20)17-12(9-18)13-7-4-8-21-13/h2-8,12,18H,9H2,1H3,(H,16,19)(H,17,20). The molecule has 1 aromatic heterocycles. The van der Waals surface area contributed by atoms with Crippen molar-refractivity contribution < 1.29 is 19.1 Å². The zero-order valence-corrected chi connectivity index (χ0v) is 11.5. The van der Waals surface area contributed by atoms with Crippen LogP contribution in [0.25, 0.3) is 0 Å². The Hall–Kier alpha value is -2.60. The summed E-state index contributed by atoms with van der Waals surface area (Å²) in [5.74, 6) is -1.25. The van der Waals surface area contributed by atoms with Crippen molar-refractivity contribution in [3.63, 3.8) is 0 Å². The number of rotatable bonds is 4. The second kappa shape index (κ2) is 6.71. The number of carbonyl (C=O) groups is 2. The normalized spacial score (nSPS) is 11.7. The van der Waals surface area contributed by atoms with E-state index in [0.29, 0.717) is 11.4 Å². The molecule has 0 aliphatic carbocycles. The summed E-state index contributed by atoms with van der Waals surface area (Å²) >= 11 is 0. The van der Waals surface area contributed by atoms with Gasteiger partial charge in [-0.3, -0.25) is 9.59 Å². The van der Waals surface area contributed by atoms with Crippen LogP contribution in [0.15, 0.2) is 47.1 Å². The summed E-state index contributed by atoms with van der Waals surface area (Å²) in [6, 6.07) is 9.63. The van der Waals surface area contributed by atoms with E-state index in [1.165, 1.54) is 6.26 Å². The van der Waals surface area contributed by atoms with Crippen LogP contribution in [-0.4, -0.2) is 23.5 Å². The second-order valence-electron chi connectivity index (χ2n) is 4.49. The van der Waals surface area contributed by atoms with Crippen molar-refractivity contribution in [1.82, 2.24) is 5.32 Å². The number of benzene rings is 1. The highest BCUT2D eigenvalue weighted by atomic mass is 16.3. The first kappa shape index (κ1) is 14.8. The highest BCUT2D eigenvalue weighted by molar-refractivity contribution is 6.39. The summed E-state index contributed by atoms with van der Waals surface area (Å²) in [6.07, 6.45) is 1.43. The monoisotopic (exact) mass is 288 g/mol. The third-order valence-electron chi connectivity index (χ3n) is 2.97. The van der Waals surface area contributed by atoms with Crippen LogP contribution in [0, 0.1) is 6.92 Å². The minimum atomic E-state index is -0.839. The predicted octanol–water partition coefficient (Wildman–Crippen LogP) is 1.38. The highest BCUT2D eigenvalue weighted by Gasteiger charge is 2.21. The quantitative estimate of drug-likeness (QED) is 0.741. The second-order valence-corrected chi connectivity index (χ2v) is 4.49. The van der Waals surface area contributed by atoms with E-state index < -0.39 is 17.9 Å². The number of carbonyl (C=O) groups excluding carboxylic acids is 2. The lowest BCUT2D eigenvalue weighted by Crippen LogP contribution is -2.39. The number of hydrogen-bond acceptors (Lipinski definition) is 4. The Morgan fingerprint density at radius 1 is 1.19 bits per heavy atom. The van der Waals surface area contributed by atoms with Crippen LogP contribution < -0.4 is 10.6 Å². The van der Waals surface area contributed by atoms with E-state index in [0.717, 1.165) is 5.56 Å². The van der Waals surface area contributed by atoms with Crippen molar-refractivity contribution in [1.29, 1.82) is 0 Å². The molecule has 1 atom stereocenters. The molecule has 0 spiro atoms. The van der Waals surface area contributed by atoms with Gasteiger partial charge in [-0.15, -0.1) is 0 Å². The molecule has 0 saturated heterocycles. The predicted molar refractivity (Wildman–Crippen MR) is 76.5 cm³/mol. The Kier molecular flexibility index (Phi) is 4.73. The van der Waals surface area contributed by atoms with Gasteiger partial charge in [-0.25, -0.2) is 0 Å². The average molecular weight is 288 g/mol. The molecule has 0 aliphatic heterocycles. The lowest BCUT2D eigenvalue weighted by molar-refractivity contribution is -0.136. The third kappa shape index (κ3) is 3.70. The van der Waals surface area contributed by atoms with Gasteiger partial charge in [0.15, 0.2) is 0 Å². The van der Waals surface area contributed by atoms with Crippen LogP contribution in [0.5, 0.6) is 0 Å².